The lowest BCUT2D eigenvalue weighted by molar-refractivity contribution is -0.120. The molecule has 0 aliphatic heterocycles. The van der Waals surface area contributed by atoms with Crippen molar-refractivity contribution >= 4 is 46.6 Å². The van der Waals surface area contributed by atoms with Gasteiger partial charge in [-0.1, -0.05) is 12.1 Å². The number of halogens is 1. The number of hydrogen-bond acceptors (Lipinski definition) is 6. The highest BCUT2D eigenvalue weighted by Gasteiger charge is 2.11. The molecule has 2 N–H and O–H groups in total. The van der Waals surface area contributed by atoms with Gasteiger partial charge < -0.3 is 14.8 Å². The highest BCUT2D eigenvalue weighted by atomic mass is 127. The molecule has 0 aliphatic carbocycles. The topological polar surface area (TPSA) is 106 Å². The summed E-state index contributed by atoms with van der Waals surface area (Å²) in [6.45, 7) is -0.227. The van der Waals surface area contributed by atoms with Crippen LogP contribution < -0.4 is 20.2 Å². The van der Waals surface area contributed by atoms with Crippen LogP contribution in [0, 0.1) is 3.57 Å². The Balaban J connectivity index is 1.45. The number of rotatable bonds is 8. The van der Waals surface area contributed by atoms with Gasteiger partial charge in [-0.3, -0.25) is 9.59 Å². The standard InChI is InChI=1S/C24H20IN3O5/c1-32-18-12-8-17(9-13-18)23(30)26-15-22(29)28-27-14-16-6-10-19(11-7-16)33-24(31)20-4-2-3-5-21(20)25/h2-14H,15H2,1H3,(H,26,30)(H,28,29)/b27-14+. The van der Waals surface area contributed by atoms with Gasteiger partial charge in [-0.05, 0) is 88.8 Å². The van der Waals surface area contributed by atoms with Gasteiger partial charge in [0.1, 0.15) is 11.5 Å². The van der Waals surface area contributed by atoms with Crippen molar-refractivity contribution in [3.05, 3.63) is 93.1 Å². The van der Waals surface area contributed by atoms with Gasteiger partial charge in [0.25, 0.3) is 11.8 Å². The van der Waals surface area contributed by atoms with E-state index < -0.39 is 11.9 Å². The first-order chi connectivity index (χ1) is 16.0. The summed E-state index contributed by atoms with van der Waals surface area (Å²) < 4.78 is 11.2. The molecule has 168 valence electrons. The number of nitrogens with one attached hydrogen (secondary N) is 2. The van der Waals surface area contributed by atoms with E-state index in [1.54, 1.807) is 60.7 Å². The van der Waals surface area contributed by atoms with Gasteiger partial charge in [-0.2, -0.15) is 5.10 Å². The highest BCUT2D eigenvalue weighted by Crippen LogP contribution is 2.17. The van der Waals surface area contributed by atoms with E-state index in [1.165, 1.54) is 13.3 Å². The molecule has 3 aromatic carbocycles. The predicted octanol–water partition coefficient (Wildman–Crippen LogP) is 3.40. The minimum absolute atomic E-state index is 0.227. The Hall–Kier alpha value is -3.73. The molecule has 0 bridgehead atoms. The van der Waals surface area contributed by atoms with Gasteiger partial charge >= 0.3 is 5.97 Å². The van der Waals surface area contributed by atoms with Crippen molar-refractivity contribution < 1.29 is 23.9 Å². The van der Waals surface area contributed by atoms with Gasteiger partial charge in [-0.25, -0.2) is 10.2 Å². The number of carbonyl (C=O) groups is 3. The summed E-state index contributed by atoms with van der Waals surface area (Å²) in [6, 6.07) is 20.3. The molecule has 0 saturated heterocycles. The Morgan fingerprint density at radius 3 is 2.27 bits per heavy atom. The zero-order valence-corrected chi connectivity index (χ0v) is 19.7. The molecule has 3 aromatic rings. The summed E-state index contributed by atoms with van der Waals surface area (Å²) in [6.07, 6.45) is 1.44. The summed E-state index contributed by atoms with van der Waals surface area (Å²) in [5, 5.41) is 6.38. The van der Waals surface area contributed by atoms with Crippen LogP contribution in [0.5, 0.6) is 11.5 Å². The van der Waals surface area contributed by atoms with Crippen LogP contribution in [0.3, 0.4) is 0 Å². The molecular formula is C24H20IN3O5. The second kappa shape index (κ2) is 11.8. The van der Waals surface area contributed by atoms with Crippen molar-refractivity contribution in [2.45, 2.75) is 0 Å². The van der Waals surface area contributed by atoms with Gasteiger partial charge in [0.05, 0.1) is 25.4 Å². The van der Waals surface area contributed by atoms with Crippen molar-refractivity contribution in [1.29, 1.82) is 0 Å². The van der Waals surface area contributed by atoms with E-state index in [0.717, 1.165) is 3.57 Å². The Bertz CT molecular complexity index is 1160. The average molecular weight is 557 g/mol. The highest BCUT2D eigenvalue weighted by molar-refractivity contribution is 14.1. The maximum absolute atomic E-state index is 12.3. The lowest BCUT2D eigenvalue weighted by atomic mass is 10.2. The van der Waals surface area contributed by atoms with Crippen molar-refractivity contribution in [3.8, 4) is 11.5 Å². The normalized spacial score (nSPS) is 10.5. The second-order valence-electron chi connectivity index (χ2n) is 6.64. The number of ether oxygens (including phenoxy) is 2. The van der Waals surface area contributed by atoms with Gasteiger partial charge in [-0.15, -0.1) is 0 Å². The summed E-state index contributed by atoms with van der Waals surface area (Å²) in [5.74, 6) is -0.272. The zero-order valence-electron chi connectivity index (χ0n) is 17.6. The first-order valence-corrected chi connectivity index (χ1v) is 10.8. The number of esters is 1. The van der Waals surface area contributed by atoms with Gasteiger partial charge in [0.2, 0.25) is 0 Å². The minimum atomic E-state index is -0.476. The minimum Gasteiger partial charge on any atom is -0.497 e. The first kappa shape index (κ1) is 23.9. The van der Waals surface area contributed by atoms with Gasteiger partial charge in [0, 0.05) is 9.13 Å². The molecule has 0 aromatic heterocycles. The number of amides is 2. The van der Waals surface area contributed by atoms with Crippen molar-refractivity contribution in [2.24, 2.45) is 5.10 Å². The molecule has 0 spiro atoms. The van der Waals surface area contributed by atoms with Crippen molar-refractivity contribution in [3.63, 3.8) is 0 Å². The fourth-order valence-corrected chi connectivity index (χ4v) is 3.24. The Morgan fingerprint density at radius 1 is 0.939 bits per heavy atom. The monoisotopic (exact) mass is 557 g/mol. The Labute approximate surface area is 204 Å². The molecule has 9 heteroatoms. The molecule has 0 atom stereocenters. The van der Waals surface area contributed by atoms with Crippen molar-refractivity contribution in [2.75, 3.05) is 13.7 Å². The summed E-state index contributed by atoms with van der Waals surface area (Å²) in [7, 11) is 1.54. The third-order valence-corrected chi connectivity index (χ3v) is 5.29. The van der Waals surface area contributed by atoms with E-state index in [-0.39, 0.29) is 12.5 Å². The van der Waals surface area contributed by atoms with Crippen molar-refractivity contribution in [1.82, 2.24) is 10.7 Å². The van der Waals surface area contributed by atoms with E-state index >= 15 is 0 Å². The third-order valence-electron chi connectivity index (χ3n) is 4.35. The van der Waals surface area contributed by atoms with E-state index in [4.69, 9.17) is 9.47 Å². The fourth-order valence-electron chi connectivity index (χ4n) is 2.63. The smallest absolute Gasteiger partial charge is 0.344 e. The lowest BCUT2D eigenvalue weighted by Gasteiger charge is -2.06. The number of hydrogen-bond donors (Lipinski definition) is 2. The Morgan fingerprint density at radius 2 is 1.61 bits per heavy atom. The van der Waals surface area contributed by atoms with E-state index in [1.807, 2.05) is 12.1 Å². The zero-order chi connectivity index (χ0) is 23.6. The number of hydrazone groups is 1. The molecule has 0 unspecified atom stereocenters. The maximum Gasteiger partial charge on any atom is 0.344 e. The van der Waals surface area contributed by atoms with Crippen LogP contribution in [0.2, 0.25) is 0 Å². The van der Waals surface area contributed by atoms with Crippen LogP contribution in [-0.4, -0.2) is 37.7 Å². The molecular weight excluding hydrogens is 537 g/mol. The number of carbonyl (C=O) groups excluding carboxylic acids is 3. The van der Waals surface area contributed by atoms with Crippen LogP contribution in [0.1, 0.15) is 26.3 Å². The average Bonchev–Trinajstić information content (AvgIpc) is 2.84. The van der Waals surface area contributed by atoms with Crippen LogP contribution >= 0.6 is 22.6 Å². The maximum atomic E-state index is 12.3. The molecule has 8 nitrogen and oxygen atoms in total. The largest absolute Gasteiger partial charge is 0.497 e. The second-order valence-corrected chi connectivity index (χ2v) is 7.80. The van der Waals surface area contributed by atoms with Gasteiger partial charge in [0.15, 0.2) is 0 Å². The SMILES string of the molecule is COc1ccc(C(=O)NCC(=O)N/N=C/c2ccc(OC(=O)c3ccccc3I)cc2)cc1. The predicted molar refractivity (Wildman–Crippen MR) is 132 cm³/mol. The molecule has 2 amide bonds. The number of methoxy groups -OCH3 is 1. The quantitative estimate of drug-likeness (QED) is 0.145. The molecule has 3 rings (SSSR count). The molecule has 0 aliphatic rings. The summed E-state index contributed by atoms with van der Waals surface area (Å²) >= 11 is 2.08. The molecule has 0 fully saturated rings. The van der Waals surface area contributed by atoms with Crippen LogP contribution in [0.15, 0.2) is 77.9 Å². The Kier molecular flexibility index (Phi) is 8.53. The van der Waals surface area contributed by atoms with E-state index in [2.05, 4.69) is 38.4 Å². The lowest BCUT2D eigenvalue weighted by Crippen LogP contribution is -2.34. The first-order valence-electron chi connectivity index (χ1n) is 9.77. The third kappa shape index (κ3) is 7.14. The molecule has 0 heterocycles. The van der Waals surface area contributed by atoms with E-state index in [9.17, 15) is 14.4 Å². The summed E-state index contributed by atoms with van der Waals surface area (Å²) in [4.78, 5) is 36.2. The van der Waals surface area contributed by atoms with E-state index in [0.29, 0.717) is 28.2 Å². The fraction of sp³-hybridized carbons (Fsp3) is 0.0833. The molecule has 0 radical (unpaired) electrons. The molecule has 33 heavy (non-hydrogen) atoms. The summed E-state index contributed by atoms with van der Waals surface area (Å²) in [5.41, 5.74) is 3.93. The number of benzene rings is 3. The van der Waals surface area contributed by atoms with Crippen LogP contribution in [-0.2, 0) is 4.79 Å². The molecule has 0 saturated carbocycles. The number of nitrogens with zero attached hydrogens (tertiary/aromatic N) is 1. The van der Waals surface area contributed by atoms with Crippen LogP contribution in [0.25, 0.3) is 0 Å². The van der Waals surface area contributed by atoms with Crippen LogP contribution in [0.4, 0.5) is 0 Å².